The molecule has 0 spiro atoms. The number of carbonyl (C=O) groups excluding carboxylic acids is 3. The molecule has 0 aliphatic rings. The van der Waals surface area contributed by atoms with Gasteiger partial charge in [-0.15, -0.1) is 0 Å². The van der Waals surface area contributed by atoms with Gasteiger partial charge in [-0.25, -0.2) is 4.79 Å². The average Bonchev–Trinajstić information content (AvgIpc) is 2.98. The van der Waals surface area contributed by atoms with E-state index in [4.69, 9.17) is 14.2 Å². The molecule has 0 saturated heterocycles. The zero-order valence-electron chi connectivity index (χ0n) is 16.4. The summed E-state index contributed by atoms with van der Waals surface area (Å²) in [6.45, 7) is 5.30. The molecule has 0 aliphatic carbocycles. The Balaban J connectivity index is 1.79. The van der Waals surface area contributed by atoms with Gasteiger partial charge < -0.3 is 19.2 Å². The van der Waals surface area contributed by atoms with Gasteiger partial charge in [0.1, 0.15) is 5.75 Å². The zero-order valence-corrected chi connectivity index (χ0v) is 16.4. The quantitative estimate of drug-likeness (QED) is 0.381. The maximum Gasteiger partial charge on any atom is 0.340 e. The standard InChI is InChI=1S/C21H25NO6/c1-4-26-21(25)19-14(2)20(22-15(19)3)17(23)13-28-18(24)11-8-12-27-16-9-6-5-7-10-16/h5-7,9-10,22H,4,8,11-13H2,1-3H3. The van der Waals surface area contributed by atoms with Crippen LogP contribution in [0.25, 0.3) is 0 Å². The highest BCUT2D eigenvalue weighted by Crippen LogP contribution is 2.19. The lowest BCUT2D eigenvalue weighted by molar-refractivity contribution is -0.142. The number of aryl methyl sites for hydroxylation is 1. The number of nitrogens with one attached hydrogen (secondary N) is 1. The van der Waals surface area contributed by atoms with E-state index in [1.807, 2.05) is 30.3 Å². The van der Waals surface area contributed by atoms with Crippen LogP contribution in [0.15, 0.2) is 30.3 Å². The number of aromatic nitrogens is 1. The molecule has 0 unspecified atom stereocenters. The van der Waals surface area contributed by atoms with Gasteiger partial charge >= 0.3 is 11.9 Å². The average molecular weight is 387 g/mol. The molecule has 0 radical (unpaired) electrons. The Morgan fingerprint density at radius 1 is 1.04 bits per heavy atom. The van der Waals surface area contributed by atoms with E-state index < -0.39 is 17.7 Å². The number of hydrogen-bond donors (Lipinski definition) is 1. The van der Waals surface area contributed by atoms with Crippen LogP contribution in [0.3, 0.4) is 0 Å². The summed E-state index contributed by atoms with van der Waals surface area (Å²) in [5.41, 5.74) is 1.63. The molecule has 1 aromatic carbocycles. The highest BCUT2D eigenvalue weighted by molar-refractivity contribution is 6.02. The van der Waals surface area contributed by atoms with Gasteiger partial charge in [0, 0.05) is 12.1 Å². The number of para-hydroxylation sites is 1. The van der Waals surface area contributed by atoms with Crippen LogP contribution < -0.4 is 4.74 Å². The number of hydrogen-bond acceptors (Lipinski definition) is 6. The monoisotopic (exact) mass is 387 g/mol. The first-order valence-electron chi connectivity index (χ1n) is 9.17. The van der Waals surface area contributed by atoms with Gasteiger partial charge in [-0.1, -0.05) is 18.2 Å². The maximum absolute atomic E-state index is 12.3. The number of aromatic amines is 1. The van der Waals surface area contributed by atoms with Gasteiger partial charge in [0.2, 0.25) is 5.78 Å². The van der Waals surface area contributed by atoms with Crippen molar-refractivity contribution in [1.82, 2.24) is 4.98 Å². The van der Waals surface area contributed by atoms with Gasteiger partial charge in [0.05, 0.1) is 24.5 Å². The fourth-order valence-corrected chi connectivity index (χ4v) is 2.75. The molecule has 0 aliphatic heterocycles. The number of esters is 2. The third-order valence-electron chi connectivity index (χ3n) is 4.10. The normalized spacial score (nSPS) is 10.4. The predicted octanol–water partition coefficient (Wildman–Crippen LogP) is 3.39. The van der Waals surface area contributed by atoms with Crippen molar-refractivity contribution in [2.45, 2.75) is 33.6 Å². The summed E-state index contributed by atoms with van der Waals surface area (Å²) in [6, 6.07) is 9.30. The van der Waals surface area contributed by atoms with Crippen molar-refractivity contribution in [2.24, 2.45) is 0 Å². The van der Waals surface area contributed by atoms with E-state index in [9.17, 15) is 14.4 Å². The molecule has 150 valence electrons. The molecule has 1 N–H and O–H groups in total. The molecular formula is C21H25NO6. The van der Waals surface area contributed by atoms with Gasteiger partial charge in [0.15, 0.2) is 6.61 Å². The van der Waals surface area contributed by atoms with E-state index in [1.54, 1.807) is 20.8 Å². The van der Waals surface area contributed by atoms with E-state index in [2.05, 4.69) is 4.98 Å². The second-order valence-electron chi connectivity index (χ2n) is 6.19. The maximum atomic E-state index is 12.3. The fourth-order valence-electron chi connectivity index (χ4n) is 2.75. The van der Waals surface area contributed by atoms with E-state index in [0.717, 1.165) is 5.75 Å². The third kappa shape index (κ3) is 5.70. The smallest absolute Gasteiger partial charge is 0.340 e. The SMILES string of the molecule is CCOC(=O)c1c(C)[nH]c(C(=O)COC(=O)CCCOc2ccccc2)c1C. The molecule has 28 heavy (non-hydrogen) atoms. The summed E-state index contributed by atoms with van der Waals surface area (Å²) in [5.74, 6) is -0.620. The Kier molecular flexibility index (Phi) is 7.80. The van der Waals surface area contributed by atoms with Crippen LogP contribution in [0.2, 0.25) is 0 Å². The molecule has 0 amide bonds. The van der Waals surface area contributed by atoms with Gasteiger partial charge in [-0.3, -0.25) is 9.59 Å². The van der Waals surface area contributed by atoms with Crippen LogP contribution in [-0.2, 0) is 14.3 Å². The van der Waals surface area contributed by atoms with E-state index in [1.165, 1.54) is 0 Å². The Bertz CT molecular complexity index is 825. The van der Waals surface area contributed by atoms with Gasteiger partial charge in [-0.05, 0) is 44.9 Å². The number of rotatable bonds is 10. The molecule has 1 aromatic heterocycles. The second kappa shape index (κ2) is 10.3. The van der Waals surface area contributed by atoms with Crippen LogP contribution in [0.4, 0.5) is 0 Å². The number of carbonyl (C=O) groups is 3. The van der Waals surface area contributed by atoms with Crippen molar-refractivity contribution in [3.05, 3.63) is 52.8 Å². The lowest BCUT2D eigenvalue weighted by Crippen LogP contribution is -2.16. The number of H-pyrrole nitrogens is 1. The Hall–Kier alpha value is -3.09. The highest BCUT2D eigenvalue weighted by atomic mass is 16.5. The minimum atomic E-state index is -0.483. The van der Waals surface area contributed by atoms with Crippen LogP contribution in [0, 0.1) is 13.8 Å². The van der Waals surface area contributed by atoms with Crippen molar-refractivity contribution in [1.29, 1.82) is 0 Å². The van der Waals surface area contributed by atoms with Crippen LogP contribution in [-0.4, -0.2) is 42.5 Å². The molecule has 0 atom stereocenters. The number of ether oxygens (including phenoxy) is 3. The van der Waals surface area contributed by atoms with Crippen molar-refractivity contribution in [2.75, 3.05) is 19.8 Å². The number of benzene rings is 1. The highest BCUT2D eigenvalue weighted by Gasteiger charge is 2.23. The minimum Gasteiger partial charge on any atom is -0.494 e. The van der Waals surface area contributed by atoms with Gasteiger partial charge in [-0.2, -0.15) is 0 Å². The first-order chi connectivity index (χ1) is 13.4. The molecule has 7 nitrogen and oxygen atoms in total. The largest absolute Gasteiger partial charge is 0.494 e. The van der Waals surface area contributed by atoms with Crippen molar-refractivity contribution < 1.29 is 28.6 Å². The Morgan fingerprint density at radius 3 is 2.43 bits per heavy atom. The lowest BCUT2D eigenvalue weighted by atomic mass is 10.1. The van der Waals surface area contributed by atoms with E-state index in [0.29, 0.717) is 29.8 Å². The molecule has 1 heterocycles. The van der Waals surface area contributed by atoms with Crippen molar-refractivity contribution in [3.8, 4) is 5.75 Å². The zero-order chi connectivity index (χ0) is 20.5. The summed E-state index contributed by atoms with van der Waals surface area (Å²) in [7, 11) is 0. The summed E-state index contributed by atoms with van der Waals surface area (Å²) >= 11 is 0. The van der Waals surface area contributed by atoms with Crippen molar-refractivity contribution in [3.63, 3.8) is 0 Å². The fraction of sp³-hybridized carbons (Fsp3) is 0.381. The van der Waals surface area contributed by atoms with E-state index in [-0.39, 0.29) is 25.3 Å². The lowest BCUT2D eigenvalue weighted by Gasteiger charge is -2.06. The molecule has 0 fully saturated rings. The first kappa shape index (κ1) is 21.2. The summed E-state index contributed by atoms with van der Waals surface area (Å²) in [5, 5.41) is 0. The second-order valence-corrected chi connectivity index (χ2v) is 6.19. The molecule has 7 heteroatoms. The topological polar surface area (TPSA) is 94.7 Å². The molecule has 0 bridgehead atoms. The predicted molar refractivity (Wildman–Crippen MR) is 103 cm³/mol. The summed E-state index contributed by atoms with van der Waals surface area (Å²) in [6.07, 6.45) is 0.631. The number of Topliss-reactive ketones (excluding diaryl/α,β-unsaturated/α-hetero) is 1. The van der Waals surface area contributed by atoms with Crippen molar-refractivity contribution >= 4 is 17.7 Å². The molecule has 0 saturated carbocycles. The third-order valence-corrected chi connectivity index (χ3v) is 4.10. The molecule has 2 rings (SSSR count). The molecular weight excluding hydrogens is 362 g/mol. The summed E-state index contributed by atoms with van der Waals surface area (Å²) < 4.78 is 15.5. The van der Waals surface area contributed by atoms with Gasteiger partial charge in [0.25, 0.3) is 0 Å². The summed E-state index contributed by atoms with van der Waals surface area (Å²) in [4.78, 5) is 39.0. The minimum absolute atomic E-state index is 0.150. The van der Waals surface area contributed by atoms with E-state index >= 15 is 0 Å². The molecule has 2 aromatic rings. The van der Waals surface area contributed by atoms with Crippen LogP contribution in [0.5, 0.6) is 5.75 Å². The first-order valence-corrected chi connectivity index (χ1v) is 9.17. The Labute approximate surface area is 164 Å². The Morgan fingerprint density at radius 2 is 1.75 bits per heavy atom. The number of ketones is 1. The van der Waals surface area contributed by atoms with Crippen LogP contribution >= 0.6 is 0 Å². The van der Waals surface area contributed by atoms with Crippen LogP contribution in [0.1, 0.15) is 51.9 Å².